The van der Waals surface area contributed by atoms with Crippen molar-refractivity contribution in [1.82, 2.24) is 0 Å². The molecular weight excluding hydrogens is 240 g/mol. The Labute approximate surface area is 115 Å². The van der Waals surface area contributed by atoms with Gasteiger partial charge in [0.15, 0.2) is 11.8 Å². The Morgan fingerprint density at radius 2 is 1.32 bits per heavy atom. The van der Waals surface area contributed by atoms with Gasteiger partial charge in [-0.15, -0.1) is 0 Å². The van der Waals surface area contributed by atoms with Crippen molar-refractivity contribution in [1.29, 1.82) is 0 Å². The molecule has 4 nitrogen and oxygen atoms in total. The van der Waals surface area contributed by atoms with E-state index in [9.17, 15) is 0 Å². The molecule has 4 heteroatoms. The molecule has 3 rings (SSSR count). The minimum Gasteiger partial charge on any atom is -0.478 e. The maximum absolute atomic E-state index is 5.85. The van der Waals surface area contributed by atoms with Crippen molar-refractivity contribution >= 4 is 11.8 Å². The Morgan fingerprint density at radius 1 is 0.895 bits per heavy atom. The number of hydrogen-bond acceptors (Lipinski definition) is 4. The quantitative estimate of drug-likeness (QED) is 0.783. The molecule has 1 fully saturated rings. The van der Waals surface area contributed by atoms with Gasteiger partial charge in [-0.3, -0.25) is 0 Å². The van der Waals surface area contributed by atoms with E-state index in [1.165, 1.54) is 0 Å². The van der Waals surface area contributed by atoms with Crippen LogP contribution in [0, 0.1) is 17.3 Å². The zero-order chi connectivity index (χ0) is 13.6. The highest BCUT2D eigenvalue weighted by Crippen LogP contribution is 2.51. The fourth-order valence-corrected chi connectivity index (χ4v) is 2.63. The third kappa shape index (κ3) is 2.15. The molecule has 0 aromatic carbocycles. The summed E-state index contributed by atoms with van der Waals surface area (Å²) in [4.78, 5) is 9.54. The Kier molecular flexibility index (Phi) is 3.06. The van der Waals surface area contributed by atoms with Crippen LogP contribution in [-0.4, -0.2) is 37.1 Å². The first kappa shape index (κ1) is 12.9. The summed E-state index contributed by atoms with van der Waals surface area (Å²) in [6, 6.07) is 0.603. The minimum absolute atomic E-state index is 0.104. The fourth-order valence-electron chi connectivity index (χ4n) is 2.63. The molecule has 0 saturated heterocycles. The molecule has 2 unspecified atom stereocenters. The van der Waals surface area contributed by atoms with E-state index in [2.05, 4.69) is 27.7 Å². The summed E-state index contributed by atoms with van der Waals surface area (Å²) in [6.45, 7) is 10.2. The van der Waals surface area contributed by atoms with E-state index < -0.39 is 0 Å². The van der Waals surface area contributed by atoms with E-state index in [1.807, 2.05) is 0 Å². The van der Waals surface area contributed by atoms with Gasteiger partial charge in [0, 0.05) is 0 Å². The molecular formula is C15H24N2O2. The second kappa shape index (κ2) is 4.50. The smallest absolute Gasteiger partial charge is 0.199 e. The zero-order valence-corrected chi connectivity index (χ0v) is 12.3. The molecule has 19 heavy (non-hydrogen) atoms. The lowest BCUT2D eigenvalue weighted by molar-refractivity contribution is 0.262. The molecule has 0 radical (unpaired) electrons. The van der Waals surface area contributed by atoms with Crippen LogP contribution in [0.3, 0.4) is 0 Å². The van der Waals surface area contributed by atoms with Gasteiger partial charge in [-0.1, -0.05) is 27.7 Å². The van der Waals surface area contributed by atoms with Gasteiger partial charge in [0.1, 0.15) is 18.6 Å². The van der Waals surface area contributed by atoms with Crippen molar-refractivity contribution in [3.05, 3.63) is 0 Å². The van der Waals surface area contributed by atoms with E-state index in [4.69, 9.17) is 19.5 Å². The summed E-state index contributed by atoms with van der Waals surface area (Å²) in [5, 5.41) is 0. The molecule has 1 aliphatic carbocycles. The van der Waals surface area contributed by atoms with Gasteiger partial charge in [0.05, 0.1) is 12.1 Å². The van der Waals surface area contributed by atoms with Crippen molar-refractivity contribution in [2.45, 2.75) is 52.6 Å². The second-order valence-electron chi connectivity index (χ2n) is 6.70. The van der Waals surface area contributed by atoms with Gasteiger partial charge in [0.2, 0.25) is 0 Å². The largest absolute Gasteiger partial charge is 0.478 e. The normalized spacial score (nSPS) is 32.1. The van der Waals surface area contributed by atoms with Gasteiger partial charge in [-0.2, -0.15) is 0 Å². The summed E-state index contributed by atoms with van der Waals surface area (Å²) < 4.78 is 11.7. The maximum atomic E-state index is 5.85. The average molecular weight is 264 g/mol. The third-order valence-corrected chi connectivity index (χ3v) is 4.46. The topological polar surface area (TPSA) is 43.2 Å². The summed E-state index contributed by atoms with van der Waals surface area (Å²) >= 11 is 0. The van der Waals surface area contributed by atoms with Crippen molar-refractivity contribution in [3.63, 3.8) is 0 Å². The lowest BCUT2D eigenvalue weighted by atomic mass is 10.1. The first-order valence-corrected chi connectivity index (χ1v) is 7.45. The van der Waals surface area contributed by atoms with Crippen molar-refractivity contribution in [2.75, 3.05) is 13.2 Å². The van der Waals surface area contributed by atoms with Gasteiger partial charge >= 0.3 is 0 Å². The van der Waals surface area contributed by atoms with E-state index in [-0.39, 0.29) is 5.41 Å². The molecule has 0 bridgehead atoms. The number of ether oxygens (including phenoxy) is 2. The Balaban J connectivity index is 1.78. The highest BCUT2D eigenvalue weighted by molar-refractivity contribution is 6.09. The molecule has 0 N–H and O–H groups in total. The van der Waals surface area contributed by atoms with Crippen molar-refractivity contribution in [2.24, 2.45) is 27.2 Å². The predicted molar refractivity (Wildman–Crippen MR) is 75.7 cm³/mol. The van der Waals surface area contributed by atoms with Crippen molar-refractivity contribution in [3.8, 4) is 0 Å². The lowest BCUT2D eigenvalue weighted by Gasteiger charge is -2.13. The van der Waals surface area contributed by atoms with Crippen LogP contribution in [0.25, 0.3) is 0 Å². The van der Waals surface area contributed by atoms with Crippen LogP contribution < -0.4 is 0 Å². The molecule has 1 saturated carbocycles. The lowest BCUT2D eigenvalue weighted by Crippen LogP contribution is -2.26. The maximum Gasteiger partial charge on any atom is 0.199 e. The summed E-state index contributed by atoms with van der Waals surface area (Å²) in [7, 11) is 0. The van der Waals surface area contributed by atoms with Gasteiger partial charge in [0.25, 0.3) is 0 Å². The van der Waals surface area contributed by atoms with Crippen LogP contribution >= 0.6 is 0 Å². The Bertz CT molecular complexity index is 386. The van der Waals surface area contributed by atoms with Crippen LogP contribution in [0.2, 0.25) is 0 Å². The van der Waals surface area contributed by atoms with Crippen LogP contribution in [-0.2, 0) is 9.47 Å². The second-order valence-corrected chi connectivity index (χ2v) is 6.70. The number of hydrogen-bond donors (Lipinski definition) is 0. The van der Waals surface area contributed by atoms with Gasteiger partial charge in [-0.05, 0) is 24.7 Å². The number of rotatable bonds is 4. The molecule has 0 aromatic rings. The molecule has 2 heterocycles. The number of nitrogens with zero attached hydrogens (tertiary/aromatic N) is 2. The Hall–Kier alpha value is -1.06. The molecule has 2 aliphatic heterocycles. The molecule has 106 valence electrons. The SMILES string of the molecule is CC(C)C1COC(C2(C3=NC(C(C)C)CO3)CC2)=N1. The zero-order valence-electron chi connectivity index (χ0n) is 12.3. The van der Waals surface area contributed by atoms with E-state index >= 15 is 0 Å². The molecule has 2 atom stereocenters. The average Bonchev–Trinajstić information content (AvgIpc) is 2.85. The Morgan fingerprint density at radius 3 is 1.58 bits per heavy atom. The van der Waals surface area contributed by atoms with E-state index in [0.717, 1.165) is 37.9 Å². The molecule has 0 aromatic heterocycles. The third-order valence-electron chi connectivity index (χ3n) is 4.46. The molecule has 0 spiro atoms. The number of aliphatic imine (C=N–C) groups is 2. The van der Waals surface area contributed by atoms with E-state index in [1.54, 1.807) is 0 Å². The van der Waals surface area contributed by atoms with Crippen LogP contribution in [0.15, 0.2) is 9.98 Å². The minimum atomic E-state index is -0.104. The highest BCUT2D eigenvalue weighted by Gasteiger charge is 2.58. The standard InChI is InChI=1S/C15H24N2O2/c1-9(2)11-7-18-13(16-11)15(5-6-15)14-17-12(8-19-14)10(3)4/h9-12H,5-8H2,1-4H3. The van der Waals surface area contributed by atoms with Crippen LogP contribution in [0.5, 0.6) is 0 Å². The monoisotopic (exact) mass is 264 g/mol. The summed E-state index contributed by atoms with van der Waals surface area (Å²) in [5.41, 5.74) is -0.104. The van der Waals surface area contributed by atoms with Crippen molar-refractivity contribution < 1.29 is 9.47 Å². The predicted octanol–water partition coefficient (Wildman–Crippen LogP) is 2.67. The highest BCUT2D eigenvalue weighted by atomic mass is 16.5. The molecule has 3 aliphatic rings. The first-order valence-electron chi connectivity index (χ1n) is 7.45. The van der Waals surface area contributed by atoms with Crippen LogP contribution in [0.1, 0.15) is 40.5 Å². The van der Waals surface area contributed by atoms with E-state index in [0.29, 0.717) is 23.9 Å². The fraction of sp³-hybridized carbons (Fsp3) is 0.867. The summed E-state index contributed by atoms with van der Waals surface area (Å²) in [5.74, 6) is 2.83. The molecule has 0 amide bonds. The van der Waals surface area contributed by atoms with Gasteiger partial charge in [-0.25, -0.2) is 9.98 Å². The first-order chi connectivity index (χ1) is 9.03. The van der Waals surface area contributed by atoms with Gasteiger partial charge < -0.3 is 9.47 Å². The summed E-state index contributed by atoms with van der Waals surface area (Å²) in [6.07, 6.45) is 2.14. The van der Waals surface area contributed by atoms with Crippen LogP contribution in [0.4, 0.5) is 0 Å².